The van der Waals surface area contributed by atoms with Crippen molar-refractivity contribution in [1.82, 2.24) is 0 Å². The molecule has 0 N–H and O–H groups in total. The highest BCUT2D eigenvalue weighted by Gasteiger charge is 2.30. The Bertz CT molecular complexity index is 920. The van der Waals surface area contributed by atoms with Gasteiger partial charge in [0.1, 0.15) is 17.6 Å². The Morgan fingerprint density at radius 1 is 1.15 bits per heavy atom. The maximum Gasteiger partial charge on any atom is 0.231 e. The van der Waals surface area contributed by atoms with E-state index in [0.717, 1.165) is 29.9 Å². The van der Waals surface area contributed by atoms with E-state index in [4.69, 9.17) is 14.7 Å². The average Bonchev–Trinajstić information content (AvgIpc) is 3.00. The number of benzene rings is 2. The summed E-state index contributed by atoms with van der Waals surface area (Å²) in [5.74, 6) is 1.20. The molecule has 5 nitrogen and oxygen atoms in total. The lowest BCUT2D eigenvalue weighted by Gasteiger charge is -2.20. The van der Waals surface area contributed by atoms with E-state index in [9.17, 15) is 4.79 Å². The molecule has 27 heavy (non-hydrogen) atoms. The molecule has 0 unspecified atom stereocenters. The van der Waals surface area contributed by atoms with Crippen molar-refractivity contribution in [2.24, 2.45) is 0 Å². The molecular formula is C22H22N2O3. The van der Waals surface area contributed by atoms with E-state index in [0.29, 0.717) is 22.8 Å². The number of carbonyl (C=O) groups is 1. The van der Waals surface area contributed by atoms with Gasteiger partial charge in [-0.25, -0.2) is 0 Å². The van der Waals surface area contributed by atoms with Crippen molar-refractivity contribution >= 4 is 17.5 Å². The molecule has 1 aliphatic heterocycles. The number of carbonyl (C=O) groups excluding carboxylic acids is 1. The number of Topliss-reactive ketones (excluding diaryl/α,β-unsaturated/α-hetero) is 1. The second-order valence-corrected chi connectivity index (χ2v) is 6.22. The fraction of sp³-hybridized carbons (Fsp3) is 0.273. The highest BCUT2D eigenvalue weighted by molar-refractivity contribution is 6.15. The third-order valence-corrected chi connectivity index (χ3v) is 4.65. The summed E-state index contributed by atoms with van der Waals surface area (Å²) in [6, 6.07) is 13.4. The summed E-state index contributed by atoms with van der Waals surface area (Å²) in [6.07, 6.45) is 1.75. The van der Waals surface area contributed by atoms with Crippen LogP contribution in [0.4, 0.5) is 5.69 Å². The lowest BCUT2D eigenvalue weighted by Crippen LogP contribution is -2.21. The Balaban J connectivity index is 1.85. The first-order valence-corrected chi connectivity index (χ1v) is 9.01. The third-order valence-electron chi connectivity index (χ3n) is 4.65. The first-order chi connectivity index (χ1) is 13.1. The summed E-state index contributed by atoms with van der Waals surface area (Å²) < 4.78 is 11.2. The predicted octanol–water partition coefficient (Wildman–Crippen LogP) is 4.36. The molecule has 2 aromatic carbocycles. The second-order valence-electron chi connectivity index (χ2n) is 6.22. The number of anilines is 1. The molecular weight excluding hydrogens is 340 g/mol. The van der Waals surface area contributed by atoms with Gasteiger partial charge in [-0.1, -0.05) is 12.1 Å². The summed E-state index contributed by atoms with van der Waals surface area (Å²) in [4.78, 5) is 14.9. The smallest absolute Gasteiger partial charge is 0.231 e. The first kappa shape index (κ1) is 18.5. The Hall–Kier alpha value is -3.26. The third kappa shape index (κ3) is 3.65. The lowest BCUT2D eigenvalue weighted by molar-refractivity contribution is 0.101. The van der Waals surface area contributed by atoms with E-state index in [-0.39, 0.29) is 12.4 Å². The Kier molecular flexibility index (Phi) is 5.46. The number of allylic oxidation sites excluding steroid dienone is 1. The Labute approximate surface area is 159 Å². The number of hydrogen-bond donors (Lipinski definition) is 0. The van der Waals surface area contributed by atoms with Gasteiger partial charge in [-0.05, 0) is 56.7 Å². The fourth-order valence-corrected chi connectivity index (χ4v) is 3.16. The molecule has 138 valence electrons. The Morgan fingerprint density at radius 2 is 1.85 bits per heavy atom. The number of rotatable bonds is 6. The molecule has 0 aromatic heterocycles. The molecule has 1 aliphatic rings. The van der Waals surface area contributed by atoms with Crippen molar-refractivity contribution in [2.75, 3.05) is 24.6 Å². The van der Waals surface area contributed by atoms with Crippen LogP contribution in [0.2, 0.25) is 0 Å². The summed E-state index contributed by atoms with van der Waals surface area (Å²) >= 11 is 0. The molecule has 0 saturated heterocycles. The number of nitriles is 1. The Morgan fingerprint density at radius 3 is 2.48 bits per heavy atom. The molecule has 0 aliphatic carbocycles. The zero-order valence-corrected chi connectivity index (χ0v) is 15.8. The summed E-state index contributed by atoms with van der Waals surface area (Å²) in [5, 5.41) is 8.67. The van der Waals surface area contributed by atoms with Gasteiger partial charge in [0.2, 0.25) is 5.78 Å². The van der Waals surface area contributed by atoms with Crippen LogP contribution in [0.15, 0.2) is 42.2 Å². The van der Waals surface area contributed by atoms with E-state index >= 15 is 0 Å². The second kappa shape index (κ2) is 7.96. The summed E-state index contributed by atoms with van der Waals surface area (Å²) in [6.45, 7) is 7.92. The minimum Gasteiger partial charge on any atom is -0.478 e. The molecule has 0 atom stereocenters. The minimum absolute atomic E-state index is 0.0465. The molecule has 0 fully saturated rings. The zero-order valence-electron chi connectivity index (χ0n) is 15.8. The van der Waals surface area contributed by atoms with Crippen LogP contribution in [-0.2, 0) is 0 Å². The molecule has 0 bridgehead atoms. The van der Waals surface area contributed by atoms with Crippen LogP contribution in [0.3, 0.4) is 0 Å². The van der Waals surface area contributed by atoms with Gasteiger partial charge in [-0.2, -0.15) is 5.26 Å². The quantitative estimate of drug-likeness (QED) is 0.715. The molecule has 0 radical (unpaired) electrons. The minimum atomic E-state index is -0.146. The SMILES string of the molecule is CCN(CC)c1ccc(/C=C2\Oc3c(ccc(OCC#N)c3C)C2=O)cc1. The zero-order chi connectivity index (χ0) is 19.4. The monoisotopic (exact) mass is 362 g/mol. The lowest BCUT2D eigenvalue weighted by atomic mass is 10.1. The molecule has 0 spiro atoms. The van der Waals surface area contributed by atoms with E-state index in [2.05, 4.69) is 18.7 Å². The fourth-order valence-electron chi connectivity index (χ4n) is 3.16. The van der Waals surface area contributed by atoms with Crippen molar-refractivity contribution in [3.8, 4) is 17.6 Å². The van der Waals surface area contributed by atoms with E-state index in [1.807, 2.05) is 37.3 Å². The maximum atomic E-state index is 12.7. The van der Waals surface area contributed by atoms with Crippen LogP contribution >= 0.6 is 0 Å². The highest BCUT2D eigenvalue weighted by Crippen LogP contribution is 2.39. The maximum absolute atomic E-state index is 12.7. The van der Waals surface area contributed by atoms with E-state index in [1.54, 1.807) is 18.2 Å². The van der Waals surface area contributed by atoms with Crippen molar-refractivity contribution < 1.29 is 14.3 Å². The predicted molar refractivity (Wildman–Crippen MR) is 105 cm³/mol. The standard InChI is InChI=1S/C22H22N2O3/c1-4-24(5-2)17-8-6-16(7-9-17)14-20-21(25)18-10-11-19(26-13-12-23)15(3)22(18)27-20/h6-11,14H,4-5,13H2,1-3H3/b20-14-. The van der Waals surface area contributed by atoms with Crippen LogP contribution in [0.1, 0.15) is 35.3 Å². The summed E-state index contributed by atoms with van der Waals surface area (Å²) in [7, 11) is 0. The van der Waals surface area contributed by atoms with Gasteiger partial charge in [0.25, 0.3) is 0 Å². The van der Waals surface area contributed by atoms with Crippen LogP contribution in [0.5, 0.6) is 11.5 Å². The van der Waals surface area contributed by atoms with Gasteiger partial charge < -0.3 is 14.4 Å². The molecule has 0 saturated carbocycles. The topological polar surface area (TPSA) is 62.6 Å². The van der Waals surface area contributed by atoms with Crippen LogP contribution in [0.25, 0.3) is 6.08 Å². The van der Waals surface area contributed by atoms with Crippen molar-refractivity contribution in [3.05, 3.63) is 58.8 Å². The van der Waals surface area contributed by atoms with Gasteiger partial charge >= 0.3 is 0 Å². The van der Waals surface area contributed by atoms with Gasteiger partial charge in [0, 0.05) is 24.3 Å². The number of hydrogen-bond acceptors (Lipinski definition) is 5. The van der Waals surface area contributed by atoms with Crippen LogP contribution in [0, 0.1) is 18.3 Å². The van der Waals surface area contributed by atoms with Gasteiger partial charge in [0.05, 0.1) is 5.56 Å². The molecule has 2 aromatic rings. The number of fused-ring (bicyclic) bond motifs is 1. The van der Waals surface area contributed by atoms with Gasteiger partial charge in [0.15, 0.2) is 12.4 Å². The van der Waals surface area contributed by atoms with Crippen LogP contribution in [-0.4, -0.2) is 25.5 Å². The van der Waals surface area contributed by atoms with Crippen LogP contribution < -0.4 is 14.4 Å². The number of ether oxygens (including phenoxy) is 2. The van der Waals surface area contributed by atoms with Gasteiger partial charge in [-0.15, -0.1) is 0 Å². The highest BCUT2D eigenvalue weighted by atomic mass is 16.5. The van der Waals surface area contributed by atoms with Crippen molar-refractivity contribution in [3.63, 3.8) is 0 Å². The number of ketones is 1. The normalized spacial score (nSPS) is 13.9. The largest absolute Gasteiger partial charge is 0.478 e. The van der Waals surface area contributed by atoms with E-state index in [1.165, 1.54) is 0 Å². The average molecular weight is 362 g/mol. The van der Waals surface area contributed by atoms with Crippen molar-refractivity contribution in [2.45, 2.75) is 20.8 Å². The molecule has 5 heteroatoms. The van der Waals surface area contributed by atoms with E-state index < -0.39 is 0 Å². The molecule has 3 rings (SSSR count). The molecule has 1 heterocycles. The van der Waals surface area contributed by atoms with Crippen molar-refractivity contribution in [1.29, 1.82) is 5.26 Å². The summed E-state index contributed by atoms with van der Waals surface area (Å²) in [5.41, 5.74) is 3.29. The number of nitrogens with zero attached hydrogens (tertiary/aromatic N) is 2. The first-order valence-electron chi connectivity index (χ1n) is 9.01. The van der Waals surface area contributed by atoms with Gasteiger partial charge in [-0.3, -0.25) is 4.79 Å². The molecule has 0 amide bonds.